The van der Waals surface area contributed by atoms with Crippen molar-refractivity contribution >= 4 is 5.91 Å². The van der Waals surface area contributed by atoms with E-state index in [0.29, 0.717) is 11.6 Å². The van der Waals surface area contributed by atoms with Crippen molar-refractivity contribution in [3.63, 3.8) is 0 Å². The third-order valence-corrected chi connectivity index (χ3v) is 11.0. The second kappa shape index (κ2) is 16.7. The molecule has 1 amide bonds. The van der Waals surface area contributed by atoms with Crippen molar-refractivity contribution in [1.82, 2.24) is 15.1 Å². The van der Waals surface area contributed by atoms with E-state index in [4.69, 9.17) is 9.47 Å². The van der Waals surface area contributed by atoms with Crippen molar-refractivity contribution in [2.45, 2.75) is 70.3 Å². The predicted molar refractivity (Wildman–Crippen MR) is 193 cm³/mol. The van der Waals surface area contributed by atoms with E-state index in [2.05, 4.69) is 22.0 Å². The van der Waals surface area contributed by atoms with Gasteiger partial charge in [0, 0.05) is 37.2 Å². The van der Waals surface area contributed by atoms with Gasteiger partial charge in [0.15, 0.2) is 29.6 Å². The summed E-state index contributed by atoms with van der Waals surface area (Å²) in [5, 5.41) is 11.9. The van der Waals surface area contributed by atoms with E-state index < -0.39 is 46.8 Å². The largest absolute Gasteiger partial charge is 0.392 e. The fourth-order valence-corrected chi connectivity index (χ4v) is 7.97. The molecule has 0 spiro atoms. The summed E-state index contributed by atoms with van der Waals surface area (Å²) in [6, 6.07) is 23.1. The van der Waals surface area contributed by atoms with Crippen LogP contribution >= 0.6 is 0 Å². The summed E-state index contributed by atoms with van der Waals surface area (Å²) in [6.45, 7) is 7.10. The second-order valence-corrected chi connectivity index (χ2v) is 14.6. The van der Waals surface area contributed by atoms with Gasteiger partial charge in [-0.25, -0.2) is 22.0 Å². The lowest BCUT2D eigenvalue weighted by atomic mass is 9.89. The van der Waals surface area contributed by atoms with Gasteiger partial charge in [0.25, 0.3) is 5.91 Å². The molecule has 0 aliphatic carbocycles. The van der Waals surface area contributed by atoms with Gasteiger partial charge in [-0.1, -0.05) is 67.6 Å². The van der Waals surface area contributed by atoms with Crippen molar-refractivity contribution in [2.75, 3.05) is 32.7 Å². The third kappa shape index (κ3) is 8.08. The molecule has 0 radical (unpaired) electrons. The minimum Gasteiger partial charge on any atom is -0.392 e. The molecular weight excluding hydrogens is 705 g/mol. The van der Waals surface area contributed by atoms with E-state index >= 15 is 0 Å². The average Bonchev–Trinajstić information content (AvgIpc) is 3.89. The number of rotatable bonds is 11. The molecule has 3 aliphatic rings. The molecule has 7 nitrogen and oxygen atoms in total. The number of likely N-dealkylation sites (tertiary alicyclic amines) is 2. The van der Waals surface area contributed by atoms with Crippen molar-refractivity contribution in [3.05, 3.63) is 130 Å². The van der Waals surface area contributed by atoms with E-state index in [1.165, 1.54) is 19.3 Å². The first-order chi connectivity index (χ1) is 26.1. The van der Waals surface area contributed by atoms with Gasteiger partial charge in [-0.15, -0.1) is 0 Å². The Labute approximate surface area is 311 Å². The Morgan fingerprint density at radius 1 is 0.759 bits per heavy atom. The smallest absolute Gasteiger partial charge is 0.257 e. The summed E-state index contributed by atoms with van der Waals surface area (Å²) in [7, 11) is 0. The minimum atomic E-state index is -2.33. The Bertz CT molecular complexity index is 1930. The first-order valence-electron chi connectivity index (χ1n) is 18.6. The lowest BCUT2D eigenvalue weighted by Crippen LogP contribution is -2.48. The number of aliphatic hydroxyl groups is 1. The lowest BCUT2D eigenvalue weighted by molar-refractivity contribution is -0.276. The van der Waals surface area contributed by atoms with E-state index in [9.17, 15) is 31.9 Å². The summed E-state index contributed by atoms with van der Waals surface area (Å²) in [4.78, 5) is 17.7. The van der Waals surface area contributed by atoms with Gasteiger partial charge >= 0.3 is 0 Å². The van der Waals surface area contributed by atoms with E-state index in [1.54, 1.807) is 18.2 Å². The highest BCUT2D eigenvalue weighted by molar-refractivity contribution is 5.94. The minimum absolute atomic E-state index is 0.0363. The molecule has 0 aromatic heterocycles. The molecule has 7 rings (SSSR count). The van der Waals surface area contributed by atoms with Crippen molar-refractivity contribution in [2.24, 2.45) is 5.92 Å². The Kier molecular flexibility index (Phi) is 11.8. The second-order valence-electron chi connectivity index (χ2n) is 14.6. The molecule has 5 atom stereocenters. The number of halogens is 5. The fourth-order valence-electron chi connectivity index (χ4n) is 7.97. The third-order valence-electron chi connectivity index (χ3n) is 11.0. The lowest BCUT2D eigenvalue weighted by Gasteiger charge is -2.43. The molecular formula is C42H44F5N3O4. The zero-order valence-electron chi connectivity index (χ0n) is 30.0. The quantitative estimate of drug-likeness (QED) is 0.0926. The number of aliphatic hydroxyl groups excluding tert-OH is 1. The highest BCUT2D eigenvalue weighted by Crippen LogP contribution is 2.43. The molecule has 286 valence electrons. The molecule has 4 aromatic carbocycles. The number of nitrogens with zero attached hydrogens (tertiary/aromatic N) is 2. The highest BCUT2D eigenvalue weighted by Gasteiger charge is 2.41. The first-order valence-corrected chi connectivity index (χ1v) is 18.6. The maximum Gasteiger partial charge on any atom is 0.257 e. The number of ether oxygens (including phenoxy) is 2. The van der Waals surface area contributed by atoms with Crippen LogP contribution in [0.3, 0.4) is 0 Å². The van der Waals surface area contributed by atoms with Crippen molar-refractivity contribution < 1.29 is 41.3 Å². The van der Waals surface area contributed by atoms with Crippen LogP contribution in [0, 0.1) is 35.0 Å². The molecule has 0 bridgehead atoms. The van der Waals surface area contributed by atoms with Crippen LogP contribution in [0.25, 0.3) is 11.1 Å². The molecule has 2 N–H and O–H groups in total. The number of hydrogen-bond acceptors (Lipinski definition) is 6. The molecule has 3 aliphatic heterocycles. The molecule has 0 saturated carbocycles. The SMILES string of the molecule is CC1C(CN2CCCC2CN2CCCC2)OC(c2cccc(-c3cccc(CNC(=O)c4c(F)c(F)c(F)c(F)c4F)c3)c2)OC1c1ccc(CO)cc1. The maximum absolute atomic E-state index is 14.2. The number of amides is 1. The first kappa shape index (κ1) is 38.1. The van der Waals surface area contributed by atoms with Gasteiger partial charge in [0.2, 0.25) is 5.82 Å². The van der Waals surface area contributed by atoms with Gasteiger partial charge in [-0.05, 0) is 85.3 Å². The molecule has 54 heavy (non-hydrogen) atoms. The molecule has 12 heteroatoms. The standard InChI is InChI=1S/C42H44F5N3O4/c1-25-33(23-50-18-6-11-32(50)22-49-16-2-3-17-49)53-42(54-40(25)28-14-12-26(24-51)13-15-28)31-10-5-9-30(20-31)29-8-4-7-27(19-29)21-48-41(52)34-35(43)37(45)39(47)38(46)36(34)44/h4-5,7-10,12-15,19-20,25,32-33,40,42,51H,2-3,6,11,16-18,21-24H2,1H3,(H,48,52). The van der Waals surface area contributed by atoms with Crippen molar-refractivity contribution in [3.8, 4) is 11.1 Å². The van der Waals surface area contributed by atoms with Crippen LogP contribution in [0.1, 0.15) is 77.6 Å². The molecule has 3 saturated heterocycles. The Morgan fingerprint density at radius 2 is 1.43 bits per heavy atom. The summed E-state index contributed by atoms with van der Waals surface area (Å²) in [5.74, 6) is -12.5. The van der Waals surface area contributed by atoms with E-state index in [1.807, 2.05) is 54.6 Å². The topological polar surface area (TPSA) is 74.3 Å². The average molecular weight is 750 g/mol. The number of hydrogen-bond donors (Lipinski definition) is 2. The Hall–Kier alpha value is -4.20. The van der Waals surface area contributed by atoms with Gasteiger partial charge in [0.05, 0.1) is 18.8 Å². The van der Waals surface area contributed by atoms with Crippen LogP contribution in [0.15, 0.2) is 72.8 Å². The molecule has 3 fully saturated rings. The molecule has 3 heterocycles. The van der Waals surface area contributed by atoms with E-state index in [0.717, 1.165) is 67.0 Å². The predicted octanol–water partition coefficient (Wildman–Crippen LogP) is 7.82. The number of benzene rings is 4. The van der Waals surface area contributed by atoms with Crippen LogP contribution in [0.4, 0.5) is 22.0 Å². The fraction of sp³-hybridized carbons (Fsp3) is 0.405. The maximum atomic E-state index is 14.2. The number of carbonyl (C=O) groups is 1. The van der Waals surface area contributed by atoms with E-state index in [-0.39, 0.29) is 31.3 Å². The Balaban J connectivity index is 1.10. The molecule has 4 aromatic rings. The van der Waals surface area contributed by atoms with Crippen LogP contribution < -0.4 is 5.32 Å². The number of carbonyl (C=O) groups excluding carboxylic acids is 1. The van der Waals surface area contributed by atoms with Crippen LogP contribution in [-0.4, -0.2) is 65.7 Å². The zero-order valence-corrected chi connectivity index (χ0v) is 30.0. The van der Waals surface area contributed by atoms with Crippen LogP contribution in [0.5, 0.6) is 0 Å². The zero-order chi connectivity index (χ0) is 37.9. The van der Waals surface area contributed by atoms with Gasteiger partial charge in [-0.3, -0.25) is 9.69 Å². The van der Waals surface area contributed by atoms with Gasteiger partial charge in [-0.2, -0.15) is 0 Å². The summed E-state index contributed by atoms with van der Waals surface area (Å²) < 4.78 is 82.9. The van der Waals surface area contributed by atoms with Crippen LogP contribution in [-0.2, 0) is 22.6 Å². The van der Waals surface area contributed by atoms with Gasteiger partial charge < -0.3 is 24.8 Å². The summed E-state index contributed by atoms with van der Waals surface area (Å²) >= 11 is 0. The number of nitrogens with one attached hydrogen (secondary N) is 1. The summed E-state index contributed by atoms with van der Waals surface area (Å²) in [5.41, 5.74) is 3.21. The highest BCUT2D eigenvalue weighted by atomic mass is 19.2. The summed E-state index contributed by atoms with van der Waals surface area (Å²) in [6.07, 6.45) is 3.77. The monoisotopic (exact) mass is 749 g/mol. The normalized spacial score (nSPS) is 23.6. The van der Waals surface area contributed by atoms with Crippen molar-refractivity contribution in [1.29, 1.82) is 0 Å². The van der Waals surface area contributed by atoms with Crippen LogP contribution in [0.2, 0.25) is 0 Å². The van der Waals surface area contributed by atoms with Gasteiger partial charge in [0.1, 0.15) is 5.56 Å². The Morgan fingerprint density at radius 3 is 2.13 bits per heavy atom. The molecule has 5 unspecified atom stereocenters.